The molecular weight excluding hydrogens is 346 g/mol. The Bertz CT molecular complexity index is 569. The molecule has 106 valence electrons. The molecule has 0 bridgehead atoms. The fourth-order valence-corrected chi connectivity index (χ4v) is 2.80. The maximum atomic E-state index is 13.5. The Labute approximate surface area is 130 Å². The molecule has 0 N–H and O–H groups in total. The molecule has 1 unspecified atom stereocenters. The second-order valence-corrected chi connectivity index (χ2v) is 5.87. The van der Waals surface area contributed by atoms with Crippen molar-refractivity contribution in [2.45, 2.75) is 12.8 Å². The normalized spacial score (nSPS) is 12.4. The maximum absolute atomic E-state index is 13.5. The summed E-state index contributed by atoms with van der Waals surface area (Å²) < 4.78 is 26.9. The molecule has 0 radical (unpaired) electrons. The Morgan fingerprint density at radius 2 is 1.70 bits per heavy atom. The van der Waals surface area contributed by atoms with E-state index in [0.29, 0.717) is 16.8 Å². The zero-order chi connectivity index (χ0) is 14.5. The SMILES string of the molecule is Fc1ccc(CC(CCl)Cc2cccc(F)c2Br)cc1. The first kappa shape index (κ1) is 15.5. The topological polar surface area (TPSA) is 0 Å². The zero-order valence-corrected chi connectivity index (χ0v) is 13.1. The Morgan fingerprint density at radius 1 is 1.00 bits per heavy atom. The van der Waals surface area contributed by atoms with Gasteiger partial charge in [-0.15, -0.1) is 11.6 Å². The minimum absolute atomic E-state index is 0.181. The van der Waals surface area contributed by atoms with E-state index in [4.69, 9.17) is 11.6 Å². The van der Waals surface area contributed by atoms with Crippen LogP contribution >= 0.6 is 27.5 Å². The van der Waals surface area contributed by atoms with Crippen molar-refractivity contribution < 1.29 is 8.78 Å². The molecule has 0 nitrogen and oxygen atoms in total. The molecule has 2 aromatic carbocycles. The lowest BCUT2D eigenvalue weighted by Gasteiger charge is -2.15. The van der Waals surface area contributed by atoms with E-state index in [9.17, 15) is 8.78 Å². The van der Waals surface area contributed by atoms with Crippen LogP contribution in [0, 0.1) is 17.6 Å². The first-order valence-corrected chi connectivity index (χ1v) is 7.66. The van der Waals surface area contributed by atoms with Gasteiger partial charge < -0.3 is 0 Å². The summed E-state index contributed by atoms with van der Waals surface area (Å²) in [5, 5.41) is 0. The molecule has 0 aliphatic rings. The van der Waals surface area contributed by atoms with Crippen LogP contribution in [0.2, 0.25) is 0 Å². The number of benzene rings is 2. The van der Waals surface area contributed by atoms with E-state index in [1.165, 1.54) is 18.2 Å². The molecule has 0 aliphatic heterocycles. The van der Waals surface area contributed by atoms with Gasteiger partial charge >= 0.3 is 0 Å². The molecule has 0 saturated heterocycles. The highest BCUT2D eigenvalue weighted by Crippen LogP contribution is 2.25. The monoisotopic (exact) mass is 358 g/mol. The standard InChI is InChI=1S/C16H14BrClF2/c17-16-13(2-1-3-15(16)20)9-12(10-18)8-11-4-6-14(19)7-5-11/h1-7,12H,8-10H2. The van der Waals surface area contributed by atoms with Crippen LogP contribution in [-0.4, -0.2) is 5.88 Å². The Hall–Kier alpha value is -0.930. The second kappa shape index (κ2) is 7.19. The highest BCUT2D eigenvalue weighted by atomic mass is 79.9. The fraction of sp³-hybridized carbons (Fsp3) is 0.250. The largest absolute Gasteiger partial charge is 0.207 e. The number of hydrogen-bond donors (Lipinski definition) is 0. The Kier molecular flexibility index (Phi) is 5.55. The first-order valence-electron chi connectivity index (χ1n) is 6.33. The van der Waals surface area contributed by atoms with Crippen LogP contribution in [0.1, 0.15) is 11.1 Å². The van der Waals surface area contributed by atoms with Crippen LogP contribution in [0.3, 0.4) is 0 Å². The van der Waals surface area contributed by atoms with E-state index >= 15 is 0 Å². The molecule has 4 heteroatoms. The van der Waals surface area contributed by atoms with Crippen molar-refractivity contribution >= 4 is 27.5 Å². The molecule has 1 atom stereocenters. The third-order valence-corrected chi connectivity index (χ3v) is 4.52. The summed E-state index contributed by atoms with van der Waals surface area (Å²) in [5.74, 6) is 0.141. The van der Waals surface area contributed by atoms with E-state index in [-0.39, 0.29) is 17.6 Å². The van der Waals surface area contributed by atoms with Crippen LogP contribution in [0.4, 0.5) is 8.78 Å². The summed E-state index contributed by atoms with van der Waals surface area (Å²) in [6.07, 6.45) is 1.42. The smallest absolute Gasteiger partial charge is 0.137 e. The van der Waals surface area contributed by atoms with Gasteiger partial charge in [0, 0.05) is 5.88 Å². The third-order valence-electron chi connectivity index (χ3n) is 3.20. The fourth-order valence-electron chi connectivity index (χ4n) is 2.15. The second-order valence-electron chi connectivity index (χ2n) is 4.77. The Balaban J connectivity index is 2.09. The quantitative estimate of drug-likeness (QED) is 0.630. The molecule has 0 aromatic heterocycles. The van der Waals surface area contributed by atoms with Gasteiger partial charge in [0.1, 0.15) is 11.6 Å². The summed E-state index contributed by atoms with van der Waals surface area (Å²) in [6, 6.07) is 11.4. The first-order chi connectivity index (χ1) is 9.60. The van der Waals surface area contributed by atoms with Gasteiger partial charge in [-0.2, -0.15) is 0 Å². The lowest BCUT2D eigenvalue weighted by molar-refractivity contribution is 0.571. The molecule has 0 fully saturated rings. The van der Waals surface area contributed by atoms with Crippen molar-refractivity contribution in [2.24, 2.45) is 5.92 Å². The average molecular weight is 360 g/mol. The van der Waals surface area contributed by atoms with Gasteiger partial charge in [-0.05, 0) is 64.0 Å². The van der Waals surface area contributed by atoms with Crippen molar-refractivity contribution in [3.63, 3.8) is 0 Å². The van der Waals surface area contributed by atoms with Crippen LogP contribution in [0.15, 0.2) is 46.9 Å². The van der Waals surface area contributed by atoms with Crippen LogP contribution in [0.5, 0.6) is 0 Å². The van der Waals surface area contributed by atoms with Gasteiger partial charge in [-0.1, -0.05) is 24.3 Å². The van der Waals surface area contributed by atoms with E-state index in [1.807, 2.05) is 6.07 Å². The molecule has 2 aromatic rings. The molecule has 20 heavy (non-hydrogen) atoms. The van der Waals surface area contributed by atoms with Crippen molar-refractivity contribution in [2.75, 3.05) is 5.88 Å². The summed E-state index contributed by atoms with van der Waals surface area (Å²) in [4.78, 5) is 0. The number of alkyl halides is 1. The highest BCUT2D eigenvalue weighted by molar-refractivity contribution is 9.10. The lowest BCUT2D eigenvalue weighted by Crippen LogP contribution is -2.11. The van der Waals surface area contributed by atoms with Crippen molar-refractivity contribution in [3.8, 4) is 0 Å². The summed E-state index contributed by atoms with van der Waals surface area (Å²) in [6.45, 7) is 0. The van der Waals surface area contributed by atoms with Crippen LogP contribution in [0.25, 0.3) is 0 Å². The molecular formula is C16H14BrClF2. The lowest BCUT2D eigenvalue weighted by atomic mass is 9.94. The molecule has 0 saturated carbocycles. The van der Waals surface area contributed by atoms with E-state index in [2.05, 4.69) is 15.9 Å². The van der Waals surface area contributed by atoms with Gasteiger partial charge in [-0.25, -0.2) is 8.78 Å². The number of hydrogen-bond acceptors (Lipinski definition) is 0. The van der Waals surface area contributed by atoms with Gasteiger partial charge in [0.25, 0.3) is 0 Å². The maximum Gasteiger partial charge on any atom is 0.137 e. The molecule has 0 heterocycles. The van der Waals surface area contributed by atoms with Crippen molar-refractivity contribution in [1.29, 1.82) is 0 Å². The van der Waals surface area contributed by atoms with E-state index in [1.54, 1.807) is 18.2 Å². The van der Waals surface area contributed by atoms with Gasteiger partial charge in [0.15, 0.2) is 0 Å². The molecule has 0 aliphatic carbocycles. The summed E-state index contributed by atoms with van der Waals surface area (Å²) in [5.41, 5.74) is 1.93. The Morgan fingerprint density at radius 3 is 2.35 bits per heavy atom. The predicted octanol–water partition coefficient (Wildman–Crippen LogP) is 5.37. The number of rotatable bonds is 5. The van der Waals surface area contributed by atoms with Gasteiger partial charge in [-0.3, -0.25) is 0 Å². The van der Waals surface area contributed by atoms with E-state index < -0.39 is 0 Å². The summed E-state index contributed by atoms with van der Waals surface area (Å²) in [7, 11) is 0. The third kappa shape index (κ3) is 4.03. The average Bonchev–Trinajstić information content (AvgIpc) is 2.45. The van der Waals surface area contributed by atoms with Gasteiger partial charge in [0.2, 0.25) is 0 Å². The molecule has 0 spiro atoms. The molecule has 0 amide bonds. The van der Waals surface area contributed by atoms with Crippen molar-refractivity contribution in [3.05, 3.63) is 69.7 Å². The summed E-state index contributed by atoms with van der Waals surface area (Å²) >= 11 is 9.27. The highest BCUT2D eigenvalue weighted by Gasteiger charge is 2.13. The zero-order valence-electron chi connectivity index (χ0n) is 10.8. The van der Waals surface area contributed by atoms with E-state index in [0.717, 1.165) is 17.5 Å². The van der Waals surface area contributed by atoms with Crippen LogP contribution in [-0.2, 0) is 12.8 Å². The van der Waals surface area contributed by atoms with Crippen molar-refractivity contribution in [1.82, 2.24) is 0 Å². The van der Waals surface area contributed by atoms with Crippen LogP contribution < -0.4 is 0 Å². The predicted molar refractivity (Wildman–Crippen MR) is 82.1 cm³/mol. The number of halogens is 4. The minimum atomic E-state index is -0.266. The molecule has 2 rings (SSSR count). The minimum Gasteiger partial charge on any atom is -0.207 e. The van der Waals surface area contributed by atoms with Gasteiger partial charge in [0.05, 0.1) is 4.47 Å².